The number of ether oxygens (including phenoxy) is 1. The first-order chi connectivity index (χ1) is 15.0. The van der Waals surface area contributed by atoms with Crippen LogP contribution in [0.1, 0.15) is 11.1 Å². The van der Waals surface area contributed by atoms with Crippen LogP contribution in [-0.4, -0.2) is 23.8 Å². The van der Waals surface area contributed by atoms with E-state index in [1.165, 1.54) is 41.3 Å². The highest BCUT2D eigenvalue weighted by atomic mass is 19.1. The van der Waals surface area contributed by atoms with Crippen LogP contribution >= 0.6 is 0 Å². The lowest BCUT2D eigenvalue weighted by Gasteiger charge is -2.18. The number of benzene rings is 3. The van der Waals surface area contributed by atoms with E-state index >= 15 is 0 Å². The molecule has 0 atom stereocenters. The Kier molecular flexibility index (Phi) is 5.28. The van der Waals surface area contributed by atoms with Gasteiger partial charge in [0.1, 0.15) is 23.1 Å². The molecule has 1 aliphatic heterocycles. The lowest BCUT2D eigenvalue weighted by molar-refractivity contribution is -0.385. The largest absolute Gasteiger partial charge is 0.497 e. The Bertz CT molecular complexity index is 1220. The van der Waals surface area contributed by atoms with E-state index in [-0.39, 0.29) is 16.9 Å². The molecule has 0 unspecified atom stereocenters. The van der Waals surface area contributed by atoms with Gasteiger partial charge < -0.3 is 4.74 Å². The summed E-state index contributed by atoms with van der Waals surface area (Å²) < 4.78 is 18.6. The first-order valence-electron chi connectivity index (χ1n) is 9.26. The highest BCUT2D eigenvalue weighted by Crippen LogP contribution is 2.30. The monoisotopic (exact) mass is 417 g/mol. The van der Waals surface area contributed by atoms with Crippen molar-refractivity contribution >= 4 is 29.2 Å². The fourth-order valence-electron chi connectivity index (χ4n) is 3.20. The van der Waals surface area contributed by atoms with Crippen LogP contribution in [0.3, 0.4) is 0 Å². The molecular formula is C23H16FN3O4. The molecule has 0 fully saturated rings. The highest BCUT2D eigenvalue weighted by molar-refractivity contribution is 6.33. The van der Waals surface area contributed by atoms with Gasteiger partial charge in [0, 0.05) is 11.6 Å². The number of carbonyl (C=O) groups excluding carboxylic acids is 1. The quantitative estimate of drug-likeness (QED) is 0.346. The summed E-state index contributed by atoms with van der Waals surface area (Å²) in [6.07, 6.45) is 1.38. The number of para-hydroxylation sites is 1. The maximum absolute atomic E-state index is 13.4. The van der Waals surface area contributed by atoms with Gasteiger partial charge in [-0.15, -0.1) is 0 Å². The third kappa shape index (κ3) is 3.91. The maximum Gasteiger partial charge on any atom is 0.282 e. The van der Waals surface area contributed by atoms with Crippen LogP contribution in [0.25, 0.3) is 6.08 Å². The molecule has 3 aromatic rings. The molecule has 154 valence electrons. The van der Waals surface area contributed by atoms with Crippen molar-refractivity contribution in [1.29, 1.82) is 0 Å². The van der Waals surface area contributed by atoms with Crippen molar-refractivity contribution in [2.45, 2.75) is 0 Å². The van der Waals surface area contributed by atoms with Crippen molar-refractivity contribution in [3.8, 4) is 5.75 Å². The van der Waals surface area contributed by atoms with Crippen LogP contribution in [0.5, 0.6) is 5.75 Å². The van der Waals surface area contributed by atoms with E-state index in [9.17, 15) is 19.3 Å². The molecule has 4 rings (SSSR count). The Labute approximate surface area is 176 Å². The average molecular weight is 417 g/mol. The molecule has 0 aliphatic carbocycles. The zero-order valence-corrected chi connectivity index (χ0v) is 16.4. The number of amides is 1. The van der Waals surface area contributed by atoms with Crippen LogP contribution in [-0.2, 0) is 4.79 Å². The predicted molar refractivity (Wildman–Crippen MR) is 114 cm³/mol. The van der Waals surface area contributed by atoms with Crippen LogP contribution in [0.2, 0.25) is 0 Å². The SMILES string of the molecule is COc1ccc(C2=N/C(=C/c3ccccc3[N+](=O)[O-])C(=O)N2c2ccc(F)cc2)cc1. The molecule has 0 N–H and O–H groups in total. The van der Waals surface area contributed by atoms with E-state index in [2.05, 4.69) is 4.99 Å². The Morgan fingerprint density at radius 1 is 1.03 bits per heavy atom. The zero-order valence-electron chi connectivity index (χ0n) is 16.4. The van der Waals surface area contributed by atoms with E-state index in [1.807, 2.05) is 0 Å². The minimum Gasteiger partial charge on any atom is -0.497 e. The topological polar surface area (TPSA) is 85.0 Å². The Balaban J connectivity index is 1.84. The molecule has 31 heavy (non-hydrogen) atoms. The minimum absolute atomic E-state index is 0.0319. The smallest absolute Gasteiger partial charge is 0.282 e. The number of carbonyl (C=O) groups is 1. The Hall–Kier alpha value is -4.33. The summed E-state index contributed by atoms with van der Waals surface area (Å²) in [5.74, 6) is 0.0476. The molecule has 1 aliphatic rings. The number of nitro benzene ring substituents is 1. The van der Waals surface area contributed by atoms with E-state index < -0.39 is 16.6 Å². The molecule has 0 saturated carbocycles. The molecule has 3 aromatic carbocycles. The molecule has 1 heterocycles. The molecule has 8 heteroatoms. The molecule has 0 aromatic heterocycles. The third-order valence-electron chi connectivity index (χ3n) is 4.72. The van der Waals surface area contributed by atoms with E-state index in [1.54, 1.807) is 49.6 Å². The van der Waals surface area contributed by atoms with Crippen molar-refractivity contribution in [3.63, 3.8) is 0 Å². The number of nitro groups is 1. The van der Waals surface area contributed by atoms with Crippen LogP contribution in [0.4, 0.5) is 15.8 Å². The summed E-state index contributed by atoms with van der Waals surface area (Å²) in [6, 6.07) is 18.5. The van der Waals surface area contributed by atoms with Gasteiger partial charge in [-0.25, -0.2) is 9.38 Å². The number of hydrogen-bond donors (Lipinski definition) is 0. The molecule has 0 saturated heterocycles. The van der Waals surface area contributed by atoms with Crippen molar-refractivity contribution in [3.05, 3.63) is 106 Å². The van der Waals surface area contributed by atoms with Crippen molar-refractivity contribution < 1.29 is 18.8 Å². The van der Waals surface area contributed by atoms with Crippen molar-refractivity contribution in [2.24, 2.45) is 4.99 Å². The number of aliphatic imine (C=N–C) groups is 1. The summed E-state index contributed by atoms with van der Waals surface area (Å²) in [5.41, 5.74) is 1.21. The van der Waals surface area contributed by atoms with Crippen LogP contribution < -0.4 is 9.64 Å². The first kappa shape index (κ1) is 20.0. The average Bonchev–Trinajstić information content (AvgIpc) is 3.10. The maximum atomic E-state index is 13.4. The second kappa shape index (κ2) is 8.19. The Morgan fingerprint density at radius 2 is 1.71 bits per heavy atom. The minimum atomic E-state index is -0.516. The number of methoxy groups -OCH3 is 1. The lowest BCUT2D eigenvalue weighted by Crippen LogP contribution is -2.32. The molecular weight excluding hydrogens is 401 g/mol. The molecule has 0 radical (unpaired) electrons. The van der Waals surface area contributed by atoms with Gasteiger partial charge >= 0.3 is 0 Å². The number of rotatable bonds is 5. The second-order valence-electron chi connectivity index (χ2n) is 6.63. The number of anilines is 1. The summed E-state index contributed by atoms with van der Waals surface area (Å²) in [4.78, 5) is 29.9. The molecule has 7 nitrogen and oxygen atoms in total. The third-order valence-corrected chi connectivity index (χ3v) is 4.72. The first-order valence-corrected chi connectivity index (χ1v) is 9.26. The van der Waals surface area contributed by atoms with E-state index in [0.29, 0.717) is 22.8 Å². The fourth-order valence-corrected chi connectivity index (χ4v) is 3.20. The zero-order chi connectivity index (χ0) is 22.0. The van der Waals surface area contributed by atoms with Crippen molar-refractivity contribution in [1.82, 2.24) is 0 Å². The number of nitrogens with zero attached hydrogens (tertiary/aromatic N) is 3. The molecule has 0 bridgehead atoms. The van der Waals surface area contributed by atoms with Gasteiger partial charge in [-0.2, -0.15) is 0 Å². The number of amidine groups is 1. The molecule has 0 spiro atoms. The van der Waals surface area contributed by atoms with Gasteiger partial charge in [-0.05, 0) is 60.7 Å². The summed E-state index contributed by atoms with van der Waals surface area (Å²) >= 11 is 0. The van der Waals surface area contributed by atoms with Gasteiger partial charge in [0.2, 0.25) is 0 Å². The van der Waals surface area contributed by atoms with Crippen LogP contribution in [0, 0.1) is 15.9 Å². The summed E-state index contributed by atoms with van der Waals surface area (Å²) in [6.45, 7) is 0. The van der Waals surface area contributed by atoms with E-state index in [0.717, 1.165) is 0 Å². The second-order valence-corrected chi connectivity index (χ2v) is 6.63. The van der Waals surface area contributed by atoms with Gasteiger partial charge in [0.25, 0.3) is 11.6 Å². The van der Waals surface area contributed by atoms with E-state index in [4.69, 9.17) is 4.74 Å². The highest BCUT2D eigenvalue weighted by Gasteiger charge is 2.33. The summed E-state index contributed by atoms with van der Waals surface area (Å²) in [5, 5.41) is 11.3. The standard InChI is InChI=1S/C23H16FN3O4/c1-31-19-12-6-15(7-13-19)22-25-20(14-16-4-2-3-5-21(16)27(29)30)23(28)26(22)18-10-8-17(24)9-11-18/h2-14H,1H3/b20-14+. The number of hydrogen-bond acceptors (Lipinski definition) is 5. The van der Waals surface area contributed by atoms with Gasteiger partial charge in [-0.3, -0.25) is 19.8 Å². The number of halogens is 1. The van der Waals surface area contributed by atoms with Gasteiger partial charge in [0.15, 0.2) is 0 Å². The van der Waals surface area contributed by atoms with Gasteiger partial charge in [-0.1, -0.05) is 12.1 Å². The normalized spacial score (nSPS) is 14.6. The predicted octanol–water partition coefficient (Wildman–Crippen LogP) is 4.58. The van der Waals surface area contributed by atoms with Gasteiger partial charge in [0.05, 0.1) is 23.3 Å². The fraction of sp³-hybridized carbons (Fsp3) is 0.0435. The molecule has 1 amide bonds. The lowest BCUT2D eigenvalue weighted by atomic mass is 10.1. The Morgan fingerprint density at radius 3 is 2.35 bits per heavy atom. The summed E-state index contributed by atoms with van der Waals surface area (Å²) in [7, 11) is 1.55. The van der Waals surface area contributed by atoms with Crippen molar-refractivity contribution in [2.75, 3.05) is 12.0 Å². The van der Waals surface area contributed by atoms with Crippen LogP contribution in [0.15, 0.2) is 83.5 Å².